The molecule has 0 radical (unpaired) electrons. The zero-order chi connectivity index (χ0) is 20.3. The highest BCUT2D eigenvalue weighted by Crippen LogP contribution is 2.39. The molecule has 2 aromatic carbocycles. The van der Waals surface area contributed by atoms with Crippen LogP contribution in [-0.4, -0.2) is 26.2 Å². The molecule has 0 saturated carbocycles. The average molecular weight is 381 g/mol. The van der Waals surface area contributed by atoms with E-state index in [9.17, 15) is 9.59 Å². The van der Waals surface area contributed by atoms with E-state index in [0.29, 0.717) is 34.0 Å². The first-order valence-electron chi connectivity index (χ1n) is 8.81. The summed E-state index contributed by atoms with van der Waals surface area (Å²) in [5.41, 5.74) is 3.21. The van der Waals surface area contributed by atoms with Crippen molar-refractivity contribution < 1.29 is 19.1 Å². The Hall–Kier alpha value is -3.48. The maximum absolute atomic E-state index is 13.1. The van der Waals surface area contributed by atoms with Crippen LogP contribution in [0.4, 0.5) is 10.5 Å². The van der Waals surface area contributed by atoms with Crippen molar-refractivity contribution in [3.05, 3.63) is 64.9 Å². The number of urea groups is 1. The molecule has 7 heteroatoms. The summed E-state index contributed by atoms with van der Waals surface area (Å²) in [4.78, 5) is 25.2. The molecule has 7 nitrogen and oxygen atoms in total. The van der Waals surface area contributed by atoms with Crippen LogP contribution in [0.5, 0.6) is 11.5 Å². The highest BCUT2D eigenvalue weighted by atomic mass is 16.5. The van der Waals surface area contributed by atoms with E-state index >= 15 is 0 Å². The number of ether oxygens (including phenoxy) is 2. The van der Waals surface area contributed by atoms with Crippen LogP contribution < -0.4 is 25.4 Å². The van der Waals surface area contributed by atoms with E-state index in [-0.39, 0.29) is 11.9 Å². The van der Waals surface area contributed by atoms with Gasteiger partial charge in [0.25, 0.3) is 5.91 Å². The van der Waals surface area contributed by atoms with Gasteiger partial charge >= 0.3 is 6.03 Å². The molecule has 1 unspecified atom stereocenters. The molecule has 1 heterocycles. The number of methoxy groups -OCH3 is 2. The zero-order valence-electron chi connectivity index (χ0n) is 16.3. The first kappa shape index (κ1) is 19.3. The monoisotopic (exact) mass is 381 g/mol. The number of benzene rings is 2. The lowest BCUT2D eigenvalue weighted by atomic mass is 9.93. The Morgan fingerprint density at radius 3 is 2.50 bits per heavy atom. The summed E-state index contributed by atoms with van der Waals surface area (Å²) in [6.07, 6.45) is 0. The molecular weight excluding hydrogens is 358 g/mol. The molecule has 0 bridgehead atoms. The molecule has 0 saturated heterocycles. The number of carbonyl (C=O) groups excluding carboxylic acids is 2. The first-order valence-corrected chi connectivity index (χ1v) is 8.81. The smallest absolute Gasteiger partial charge is 0.319 e. The van der Waals surface area contributed by atoms with Crippen LogP contribution in [0, 0.1) is 6.92 Å². The number of anilines is 1. The van der Waals surface area contributed by atoms with Gasteiger partial charge in [0.05, 0.1) is 25.8 Å². The Balaban J connectivity index is 2.03. The Bertz CT molecular complexity index is 952. The molecular formula is C21H23N3O4. The highest BCUT2D eigenvalue weighted by Gasteiger charge is 2.33. The van der Waals surface area contributed by atoms with Crippen LogP contribution >= 0.6 is 0 Å². The SMILES string of the molecule is COc1cccc(C2NC(=O)NC(C)=C2C(=O)Nc2cccc(C)c2)c1OC. The number of amides is 3. The maximum atomic E-state index is 13.1. The van der Waals surface area contributed by atoms with Crippen molar-refractivity contribution in [3.8, 4) is 11.5 Å². The molecule has 0 fully saturated rings. The third kappa shape index (κ3) is 3.78. The molecule has 3 amide bonds. The minimum absolute atomic E-state index is 0.314. The van der Waals surface area contributed by atoms with Gasteiger partial charge in [-0.1, -0.05) is 24.3 Å². The number of carbonyl (C=O) groups is 2. The number of allylic oxidation sites excluding steroid dienone is 1. The molecule has 28 heavy (non-hydrogen) atoms. The number of hydrogen-bond donors (Lipinski definition) is 3. The van der Waals surface area contributed by atoms with Gasteiger partial charge < -0.3 is 25.4 Å². The zero-order valence-corrected chi connectivity index (χ0v) is 16.3. The summed E-state index contributed by atoms with van der Waals surface area (Å²) in [6.45, 7) is 3.65. The Kier molecular flexibility index (Phi) is 5.54. The van der Waals surface area contributed by atoms with Crippen molar-refractivity contribution in [2.24, 2.45) is 0 Å². The number of nitrogens with one attached hydrogen (secondary N) is 3. The van der Waals surface area contributed by atoms with E-state index in [1.807, 2.05) is 31.2 Å². The van der Waals surface area contributed by atoms with Crippen LogP contribution in [0.2, 0.25) is 0 Å². The number of aryl methyl sites for hydroxylation is 1. The number of para-hydroxylation sites is 1. The first-order chi connectivity index (χ1) is 13.4. The van der Waals surface area contributed by atoms with Crippen molar-refractivity contribution in [2.45, 2.75) is 19.9 Å². The third-order valence-corrected chi connectivity index (χ3v) is 4.53. The fourth-order valence-electron chi connectivity index (χ4n) is 3.29. The summed E-state index contributed by atoms with van der Waals surface area (Å²) in [5.74, 6) is 0.667. The van der Waals surface area contributed by atoms with Crippen LogP contribution in [-0.2, 0) is 4.79 Å². The third-order valence-electron chi connectivity index (χ3n) is 4.53. The summed E-state index contributed by atoms with van der Waals surface area (Å²) in [7, 11) is 3.06. The van der Waals surface area contributed by atoms with Gasteiger partial charge in [-0.15, -0.1) is 0 Å². The molecule has 1 atom stereocenters. The Morgan fingerprint density at radius 2 is 1.82 bits per heavy atom. The fourth-order valence-corrected chi connectivity index (χ4v) is 3.29. The lowest BCUT2D eigenvalue weighted by Gasteiger charge is -2.30. The minimum atomic E-state index is -0.691. The van der Waals surface area contributed by atoms with Gasteiger partial charge in [0.15, 0.2) is 11.5 Å². The summed E-state index contributed by atoms with van der Waals surface area (Å²) in [6, 6.07) is 11.8. The lowest BCUT2D eigenvalue weighted by Crippen LogP contribution is -2.46. The largest absolute Gasteiger partial charge is 0.493 e. The fraction of sp³-hybridized carbons (Fsp3) is 0.238. The highest BCUT2D eigenvalue weighted by molar-refractivity contribution is 6.07. The molecule has 0 aliphatic carbocycles. The van der Waals surface area contributed by atoms with Crippen LogP contribution in [0.3, 0.4) is 0 Å². The van der Waals surface area contributed by atoms with Crippen molar-refractivity contribution in [1.29, 1.82) is 0 Å². The number of hydrogen-bond acceptors (Lipinski definition) is 4. The second-order valence-corrected chi connectivity index (χ2v) is 6.48. The van der Waals surface area contributed by atoms with E-state index < -0.39 is 6.04 Å². The van der Waals surface area contributed by atoms with E-state index in [1.165, 1.54) is 14.2 Å². The van der Waals surface area contributed by atoms with Crippen molar-refractivity contribution in [1.82, 2.24) is 10.6 Å². The Morgan fingerprint density at radius 1 is 1.07 bits per heavy atom. The minimum Gasteiger partial charge on any atom is -0.493 e. The predicted octanol–water partition coefficient (Wildman–Crippen LogP) is 3.28. The predicted molar refractivity (Wildman–Crippen MR) is 106 cm³/mol. The molecule has 3 N–H and O–H groups in total. The molecule has 146 valence electrons. The molecule has 3 rings (SSSR count). The van der Waals surface area contributed by atoms with Gasteiger partial charge in [-0.25, -0.2) is 4.79 Å². The standard InChI is InChI=1S/C21H23N3O4/c1-12-7-5-8-14(11-12)23-20(25)17-13(2)22-21(26)24-18(17)15-9-6-10-16(27-3)19(15)28-4/h5-11,18H,1-4H3,(H,23,25)(H2,22,24,26). The van der Waals surface area contributed by atoms with Crippen LogP contribution in [0.1, 0.15) is 24.1 Å². The topological polar surface area (TPSA) is 88.7 Å². The van der Waals surface area contributed by atoms with Gasteiger partial charge in [-0.05, 0) is 37.6 Å². The molecule has 1 aliphatic rings. The second-order valence-electron chi connectivity index (χ2n) is 6.48. The van der Waals surface area contributed by atoms with Gasteiger partial charge in [0, 0.05) is 16.9 Å². The molecule has 0 aromatic heterocycles. The lowest BCUT2D eigenvalue weighted by molar-refractivity contribution is -0.113. The van der Waals surface area contributed by atoms with Crippen LogP contribution in [0.25, 0.3) is 0 Å². The van der Waals surface area contributed by atoms with Gasteiger partial charge in [-0.2, -0.15) is 0 Å². The van der Waals surface area contributed by atoms with E-state index in [4.69, 9.17) is 9.47 Å². The normalized spacial score (nSPS) is 16.1. The summed E-state index contributed by atoms with van der Waals surface area (Å²) < 4.78 is 10.9. The van der Waals surface area contributed by atoms with Crippen molar-refractivity contribution in [3.63, 3.8) is 0 Å². The van der Waals surface area contributed by atoms with E-state index in [0.717, 1.165) is 5.56 Å². The Labute approximate surface area is 163 Å². The summed E-state index contributed by atoms with van der Waals surface area (Å²) >= 11 is 0. The van der Waals surface area contributed by atoms with E-state index in [2.05, 4.69) is 16.0 Å². The van der Waals surface area contributed by atoms with Crippen LogP contribution in [0.15, 0.2) is 53.7 Å². The van der Waals surface area contributed by atoms with Gasteiger partial charge in [0.2, 0.25) is 0 Å². The van der Waals surface area contributed by atoms with Gasteiger partial charge in [-0.3, -0.25) is 4.79 Å². The van der Waals surface area contributed by atoms with E-state index in [1.54, 1.807) is 25.1 Å². The van der Waals surface area contributed by atoms with Crippen molar-refractivity contribution >= 4 is 17.6 Å². The quantitative estimate of drug-likeness (QED) is 0.742. The number of rotatable bonds is 5. The maximum Gasteiger partial charge on any atom is 0.319 e. The van der Waals surface area contributed by atoms with Crippen molar-refractivity contribution in [2.75, 3.05) is 19.5 Å². The summed E-state index contributed by atoms with van der Waals surface area (Å²) in [5, 5.41) is 8.39. The molecule has 0 spiro atoms. The van der Waals surface area contributed by atoms with Gasteiger partial charge in [0.1, 0.15) is 0 Å². The average Bonchev–Trinajstić information content (AvgIpc) is 2.66. The second kappa shape index (κ2) is 8.04. The molecule has 2 aromatic rings. The molecule has 1 aliphatic heterocycles.